The zero-order chi connectivity index (χ0) is 10.6. The molecule has 2 rings (SSSR count). The van der Waals surface area contributed by atoms with Gasteiger partial charge in [-0.2, -0.15) is 5.26 Å². The van der Waals surface area contributed by atoms with E-state index in [0.29, 0.717) is 6.10 Å². The van der Waals surface area contributed by atoms with Gasteiger partial charge in [0.1, 0.15) is 0 Å². The lowest BCUT2D eigenvalue weighted by molar-refractivity contribution is 0.0720. The molecule has 0 N–H and O–H groups in total. The van der Waals surface area contributed by atoms with E-state index >= 15 is 0 Å². The van der Waals surface area contributed by atoms with E-state index in [1.807, 2.05) is 0 Å². The zero-order valence-electron chi connectivity index (χ0n) is 9.50. The highest BCUT2D eigenvalue weighted by Crippen LogP contribution is 2.40. The molecule has 1 unspecified atom stereocenters. The van der Waals surface area contributed by atoms with Crippen molar-refractivity contribution in [3.8, 4) is 6.07 Å². The number of nitrogens with zero attached hydrogens (tertiary/aromatic N) is 1. The van der Waals surface area contributed by atoms with Gasteiger partial charge < -0.3 is 4.74 Å². The summed E-state index contributed by atoms with van der Waals surface area (Å²) in [4.78, 5) is 0. The van der Waals surface area contributed by atoms with Crippen molar-refractivity contribution in [2.45, 2.75) is 63.9 Å². The molecule has 0 radical (unpaired) electrons. The van der Waals surface area contributed by atoms with E-state index in [-0.39, 0.29) is 5.41 Å². The minimum atomic E-state index is -0.0501. The summed E-state index contributed by atoms with van der Waals surface area (Å²) in [5.74, 6) is 0. The molecule has 1 saturated carbocycles. The fourth-order valence-corrected chi connectivity index (χ4v) is 3.01. The largest absolute Gasteiger partial charge is 0.378 e. The van der Waals surface area contributed by atoms with E-state index in [1.165, 1.54) is 38.5 Å². The number of hydrogen-bond donors (Lipinski definition) is 0. The molecule has 2 nitrogen and oxygen atoms in total. The second kappa shape index (κ2) is 4.99. The Kier molecular flexibility index (Phi) is 3.64. The van der Waals surface area contributed by atoms with E-state index in [0.717, 1.165) is 25.9 Å². The summed E-state index contributed by atoms with van der Waals surface area (Å²) in [6, 6.07) is 2.60. The van der Waals surface area contributed by atoms with Gasteiger partial charge in [0.15, 0.2) is 0 Å². The Labute approximate surface area is 92.6 Å². The zero-order valence-corrected chi connectivity index (χ0v) is 9.50. The van der Waals surface area contributed by atoms with Gasteiger partial charge in [0.05, 0.1) is 17.6 Å². The van der Waals surface area contributed by atoms with Crippen molar-refractivity contribution in [3.63, 3.8) is 0 Å². The summed E-state index contributed by atoms with van der Waals surface area (Å²) in [7, 11) is 0. The predicted octanol–water partition coefficient (Wildman–Crippen LogP) is 3.42. The summed E-state index contributed by atoms with van der Waals surface area (Å²) in [6.07, 6.45) is 11.0. The molecule has 15 heavy (non-hydrogen) atoms. The standard InChI is InChI=1S/C13H21NO/c14-11-13(7-3-1-2-4-8-13)10-12-6-5-9-15-12/h12H,1-10H2. The molecule has 2 aliphatic rings. The first-order valence-corrected chi connectivity index (χ1v) is 6.38. The molecule has 1 saturated heterocycles. The Morgan fingerprint density at radius 1 is 1.13 bits per heavy atom. The Bertz CT molecular complexity index is 229. The minimum absolute atomic E-state index is 0.0501. The monoisotopic (exact) mass is 207 g/mol. The van der Waals surface area contributed by atoms with Crippen LogP contribution in [0.4, 0.5) is 0 Å². The SMILES string of the molecule is N#CC1(CC2CCCO2)CCCCCC1. The molecule has 0 spiro atoms. The van der Waals surface area contributed by atoms with Crippen molar-refractivity contribution in [3.05, 3.63) is 0 Å². The first-order valence-electron chi connectivity index (χ1n) is 6.38. The van der Waals surface area contributed by atoms with Gasteiger partial charge in [0.2, 0.25) is 0 Å². The highest BCUT2D eigenvalue weighted by atomic mass is 16.5. The summed E-state index contributed by atoms with van der Waals surface area (Å²) in [6.45, 7) is 0.909. The van der Waals surface area contributed by atoms with Gasteiger partial charge in [-0.3, -0.25) is 0 Å². The lowest BCUT2D eigenvalue weighted by atomic mass is 9.77. The first-order chi connectivity index (χ1) is 7.35. The van der Waals surface area contributed by atoms with Crippen molar-refractivity contribution in [1.29, 1.82) is 5.26 Å². The maximum absolute atomic E-state index is 9.42. The van der Waals surface area contributed by atoms with E-state index in [1.54, 1.807) is 0 Å². The summed E-state index contributed by atoms with van der Waals surface area (Å²) >= 11 is 0. The molecule has 1 heterocycles. The maximum Gasteiger partial charge on any atom is 0.0690 e. The van der Waals surface area contributed by atoms with Crippen molar-refractivity contribution in [1.82, 2.24) is 0 Å². The Morgan fingerprint density at radius 3 is 2.40 bits per heavy atom. The van der Waals surface area contributed by atoms with Gasteiger partial charge in [-0.15, -0.1) is 0 Å². The molecule has 0 aromatic rings. The van der Waals surface area contributed by atoms with Crippen LogP contribution in [-0.2, 0) is 4.74 Å². The molecule has 2 fully saturated rings. The third kappa shape index (κ3) is 2.72. The number of ether oxygens (including phenoxy) is 1. The van der Waals surface area contributed by atoms with Crippen LogP contribution in [0.3, 0.4) is 0 Å². The summed E-state index contributed by atoms with van der Waals surface area (Å²) in [5.41, 5.74) is -0.0501. The van der Waals surface area contributed by atoms with Crippen molar-refractivity contribution < 1.29 is 4.74 Å². The van der Waals surface area contributed by atoms with Crippen molar-refractivity contribution in [2.75, 3.05) is 6.61 Å². The second-order valence-corrected chi connectivity index (χ2v) is 5.15. The van der Waals surface area contributed by atoms with Crippen LogP contribution in [0.15, 0.2) is 0 Å². The van der Waals surface area contributed by atoms with Crippen LogP contribution in [0.1, 0.15) is 57.8 Å². The van der Waals surface area contributed by atoms with Crippen LogP contribution in [0.2, 0.25) is 0 Å². The summed E-state index contributed by atoms with van der Waals surface area (Å²) < 4.78 is 5.67. The molecule has 0 aromatic carbocycles. The topological polar surface area (TPSA) is 33.0 Å². The van der Waals surface area contributed by atoms with Crippen LogP contribution < -0.4 is 0 Å². The maximum atomic E-state index is 9.42. The lowest BCUT2D eigenvalue weighted by Crippen LogP contribution is -2.24. The molecule has 84 valence electrons. The molecule has 0 amide bonds. The minimum Gasteiger partial charge on any atom is -0.378 e. The Morgan fingerprint density at radius 2 is 1.87 bits per heavy atom. The quantitative estimate of drug-likeness (QED) is 0.650. The van der Waals surface area contributed by atoms with Gasteiger partial charge in [0.25, 0.3) is 0 Å². The average molecular weight is 207 g/mol. The fourth-order valence-electron chi connectivity index (χ4n) is 3.01. The third-order valence-electron chi connectivity index (χ3n) is 3.94. The number of rotatable bonds is 2. The second-order valence-electron chi connectivity index (χ2n) is 5.15. The fraction of sp³-hybridized carbons (Fsp3) is 0.923. The Hall–Kier alpha value is -0.550. The van der Waals surface area contributed by atoms with E-state index in [9.17, 15) is 5.26 Å². The van der Waals surface area contributed by atoms with E-state index < -0.39 is 0 Å². The Balaban J connectivity index is 1.96. The van der Waals surface area contributed by atoms with Crippen LogP contribution in [0.25, 0.3) is 0 Å². The van der Waals surface area contributed by atoms with Gasteiger partial charge in [-0.1, -0.05) is 25.7 Å². The first kappa shape index (κ1) is 11.0. The summed E-state index contributed by atoms with van der Waals surface area (Å²) in [5, 5.41) is 9.42. The highest BCUT2D eigenvalue weighted by molar-refractivity contribution is 5.01. The number of hydrogen-bond acceptors (Lipinski definition) is 2. The average Bonchev–Trinajstić information content (AvgIpc) is 2.64. The van der Waals surface area contributed by atoms with Gasteiger partial charge in [-0.25, -0.2) is 0 Å². The molecular formula is C13H21NO. The van der Waals surface area contributed by atoms with Crippen LogP contribution >= 0.6 is 0 Å². The van der Waals surface area contributed by atoms with Crippen LogP contribution in [0.5, 0.6) is 0 Å². The van der Waals surface area contributed by atoms with Crippen molar-refractivity contribution >= 4 is 0 Å². The third-order valence-corrected chi connectivity index (χ3v) is 3.94. The van der Waals surface area contributed by atoms with E-state index in [4.69, 9.17) is 4.74 Å². The van der Waals surface area contributed by atoms with Crippen molar-refractivity contribution in [2.24, 2.45) is 5.41 Å². The molecule has 1 atom stereocenters. The van der Waals surface area contributed by atoms with Crippen LogP contribution in [0, 0.1) is 16.7 Å². The van der Waals surface area contributed by atoms with Crippen LogP contribution in [-0.4, -0.2) is 12.7 Å². The lowest BCUT2D eigenvalue weighted by Gasteiger charge is -2.27. The highest BCUT2D eigenvalue weighted by Gasteiger charge is 2.34. The van der Waals surface area contributed by atoms with Gasteiger partial charge in [-0.05, 0) is 32.1 Å². The van der Waals surface area contributed by atoms with E-state index in [2.05, 4.69) is 6.07 Å². The molecular weight excluding hydrogens is 186 g/mol. The number of nitriles is 1. The van der Waals surface area contributed by atoms with Gasteiger partial charge >= 0.3 is 0 Å². The smallest absolute Gasteiger partial charge is 0.0690 e. The molecule has 0 aromatic heterocycles. The molecule has 0 bridgehead atoms. The van der Waals surface area contributed by atoms with Gasteiger partial charge in [0, 0.05) is 6.61 Å². The normalized spacial score (nSPS) is 30.7. The predicted molar refractivity (Wildman–Crippen MR) is 59.3 cm³/mol. The molecule has 1 aliphatic carbocycles. The molecule has 2 heteroatoms. The molecule has 1 aliphatic heterocycles.